The molecule has 0 aliphatic heterocycles. The molecule has 0 spiro atoms. The van der Waals surface area contributed by atoms with Gasteiger partial charge in [-0.2, -0.15) is 0 Å². The Kier molecular flexibility index (Phi) is 6.67. The Bertz CT molecular complexity index is 394. The molecule has 0 heterocycles. The van der Waals surface area contributed by atoms with Crippen LogP contribution in [0.15, 0.2) is 21.1 Å². The molecular weight excluding hydrogens is 358 g/mol. The largest absolute Gasteiger partial charge is 0.492 e. The smallest absolute Gasteiger partial charge is 0.138 e. The first-order valence-electron chi connectivity index (χ1n) is 6.29. The van der Waals surface area contributed by atoms with Gasteiger partial charge in [-0.25, -0.2) is 0 Å². The fourth-order valence-electron chi connectivity index (χ4n) is 1.56. The van der Waals surface area contributed by atoms with E-state index < -0.39 is 0 Å². The SMILES string of the molecule is CCOc1c(Br)cc(Br)cc1CNC(C)C(C)C. The van der Waals surface area contributed by atoms with E-state index in [0.29, 0.717) is 18.6 Å². The van der Waals surface area contributed by atoms with Crippen LogP contribution < -0.4 is 10.1 Å². The first-order chi connectivity index (χ1) is 8.45. The molecule has 102 valence electrons. The Hall–Kier alpha value is -0.0600. The molecule has 1 atom stereocenters. The lowest BCUT2D eigenvalue weighted by Crippen LogP contribution is -2.30. The summed E-state index contributed by atoms with van der Waals surface area (Å²) in [5, 5.41) is 3.53. The first-order valence-corrected chi connectivity index (χ1v) is 7.88. The van der Waals surface area contributed by atoms with E-state index in [1.807, 2.05) is 13.0 Å². The van der Waals surface area contributed by atoms with Gasteiger partial charge in [0.2, 0.25) is 0 Å². The van der Waals surface area contributed by atoms with Gasteiger partial charge in [0.1, 0.15) is 5.75 Å². The molecule has 1 aromatic rings. The summed E-state index contributed by atoms with van der Waals surface area (Å²) >= 11 is 7.07. The lowest BCUT2D eigenvalue weighted by atomic mass is 10.1. The van der Waals surface area contributed by atoms with E-state index in [2.05, 4.69) is 64.0 Å². The zero-order valence-corrected chi connectivity index (χ0v) is 14.6. The van der Waals surface area contributed by atoms with Gasteiger partial charge < -0.3 is 10.1 Å². The van der Waals surface area contributed by atoms with E-state index in [1.54, 1.807) is 0 Å². The summed E-state index contributed by atoms with van der Waals surface area (Å²) < 4.78 is 7.76. The van der Waals surface area contributed by atoms with Crippen molar-refractivity contribution in [2.45, 2.75) is 40.3 Å². The van der Waals surface area contributed by atoms with Crippen LogP contribution in [0.1, 0.15) is 33.3 Å². The number of hydrogen-bond acceptors (Lipinski definition) is 2. The van der Waals surface area contributed by atoms with Crippen molar-refractivity contribution in [2.75, 3.05) is 6.61 Å². The molecule has 0 saturated heterocycles. The Balaban J connectivity index is 2.85. The van der Waals surface area contributed by atoms with Crippen molar-refractivity contribution in [3.63, 3.8) is 0 Å². The third-order valence-corrected chi connectivity index (χ3v) is 4.04. The number of nitrogens with one attached hydrogen (secondary N) is 1. The molecule has 0 bridgehead atoms. The normalized spacial score (nSPS) is 12.8. The molecule has 1 rings (SSSR count). The van der Waals surface area contributed by atoms with E-state index in [0.717, 1.165) is 21.2 Å². The van der Waals surface area contributed by atoms with Crippen molar-refractivity contribution in [1.82, 2.24) is 5.32 Å². The Morgan fingerprint density at radius 1 is 1.22 bits per heavy atom. The molecule has 0 aliphatic rings. The van der Waals surface area contributed by atoms with Crippen LogP contribution in [0.2, 0.25) is 0 Å². The van der Waals surface area contributed by atoms with E-state index in [-0.39, 0.29) is 0 Å². The lowest BCUT2D eigenvalue weighted by molar-refractivity contribution is 0.331. The van der Waals surface area contributed by atoms with Crippen LogP contribution in [-0.4, -0.2) is 12.6 Å². The van der Waals surface area contributed by atoms with Crippen LogP contribution in [0.3, 0.4) is 0 Å². The maximum atomic E-state index is 5.71. The van der Waals surface area contributed by atoms with Crippen LogP contribution in [0.4, 0.5) is 0 Å². The maximum Gasteiger partial charge on any atom is 0.138 e. The fourth-order valence-corrected chi connectivity index (χ4v) is 2.99. The minimum Gasteiger partial charge on any atom is -0.492 e. The highest BCUT2D eigenvalue weighted by atomic mass is 79.9. The zero-order valence-electron chi connectivity index (χ0n) is 11.4. The third-order valence-electron chi connectivity index (χ3n) is 2.99. The standard InChI is InChI=1S/C14H21Br2NO/c1-5-18-14-11(6-12(15)7-13(14)16)8-17-10(4)9(2)3/h6-7,9-10,17H,5,8H2,1-4H3. The molecule has 2 nitrogen and oxygen atoms in total. The molecule has 18 heavy (non-hydrogen) atoms. The van der Waals surface area contributed by atoms with E-state index in [4.69, 9.17) is 4.74 Å². The highest BCUT2D eigenvalue weighted by molar-refractivity contribution is 9.11. The van der Waals surface area contributed by atoms with Crippen molar-refractivity contribution in [2.24, 2.45) is 5.92 Å². The number of benzene rings is 1. The molecule has 1 aromatic carbocycles. The highest BCUT2D eigenvalue weighted by Gasteiger charge is 2.12. The van der Waals surface area contributed by atoms with Gasteiger partial charge in [-0.3, -0.25) is 0 Å². The van der Waals surface area contributed by atoms with Crippen LogP contribution >= 0.6 is 31.9 Å². The molecule has 0 amide bonds. The quantitative estimate of drug-likeness (QED) is 0.771. The summed E-state index contributed by atoms with van der Waals surface area (Å²) in [5.74, 6) is 1.56. The molecule has 0 aromatic heterocycles. The summed E-state index contributed by atoms with van der Waals surface area (Å²) in [4.78, 5) is 0. The number of halogens is 2. The predicted molar refractivity (Wildman–Crippen MR) is 84.2 cm³/mol. The Morgan fingerprint density at radius 3 is 2.44 bits per heavy atom. The lowest BCUT2D eigenvalue weighted by Gasteiger charge is -2.19. The average Bonchev–Trinajstić information content (AvgIpc) is 2.29. The monoisotopic (exact) mass is 377 g/mol. The van der Waals surface area contributed by atoms with Gasteiger partial charge in [0.05, 0.1) is 11.1 Å². The second kappa shape index (κ2) is 7.51. The van der Waals surface area contributed by atoms with Crippen LogP contribution in [0, 0.1) is 5.92 Å². The fraction of sp³-hybridized carbons (Fsp3) is 0.571. The molecule has 0 saturated carbocycles. The summed E-state index contributed by atoms with van der Waals surface area (Å²) in [6.07, 6.45) is 0. The summed E-state index contributed by atoms with van der Waals surface area (Å²) in [6, 6.07) is 4.60. The number of hydrogen-bond donors (Lipinski definition) is 1. The molecule has 0 fully saturated rings. The molecule has 4 heteroatoms. The minimum absolute atomic E-state index is 0.484. The van der Waals surface area contributed by atoms with Crippen molar-refractivity contribution in [1.29, 1.82) is 0 Å². The van der Waals surface area contributed by atoms with E-state index >= 15 is 0 Å². The van der Waals surface area contributed by atoms with Gasteiger partial charge in [0, 0.05) is 22.6 Å². The number of ether oxygens (including phenoxy) is 1. The summed E-state index contributed by atoms with van der Waals surface area (Å²) in [5.41, 5.74) is 1.17. The van der Waals surface area contributed by atoms with Crippen molar-refractivity contribution < 1.29 is 4.74 Å². The van der Waals surface area contributed by atoms with Gasteiger partial charge in [0.25, 0.3) is 0 Å². The third kappa shape index (κ3) is 4.56. The summed E-state index contributed by atoms with van der Waals surface area (Å²) in [6.45, 7) is 10.1. The van der Waals surface area contributed by atoms with E-state index in [1.165, 1.54) is 5.56 Å². The molecule has 0 radical (unpaired) electrons. The Morgan fingerprint density at radius 2 is 1.89 bits per heavy atom. The summed E-state index contributed by atoms with van der Waals surface area (Å²) in [7, 11) is 0. The van der Waals surface area contributed by atoms with E-state index in [9.17, 15) is 0 Å². The van der Waals surface area contributed by atoms with Gasteiger partial charge in [0.15, 0.2) is 0 Å². The van der Waals surface area contributed by atoms with Crippen molar-refractivity contribution in [3.05, 3.63) is 26.6 Å². The van der Waals surface area contributed by atoms with Gasteiger partial charge in [-0.1, -0.05) is 29.8 Å². The predicted octanol–water partition coefficient (Wildman–Crippen LogP) is 4.74. The van der Waals surface area contributed by atoms with Crippen LogP contribution in [0.5, 0.6) is 5.75 Å². The molecule has 0 aliphatic carbocycles. The van der Waals surface area contributed by atoms with Crippen molar-refractivity contribution in [3.8, 4) is 5.75 Å². The second-order valence-corrected chi connectivity index (χ2v) is 6.49. The molecular formula is C14H21Br2NO. The molecule has 1 unspecified atom stereocenters. The van der Waals surface area contributed by atoms with Crippen molar-refractivity contribution >= 4 is 31.9 Å². The minimum atomic E-state index is 0.484. The number of rotatable bonds is 6. The van der Waals surface area contributed by atoms with Gasteiger partial charge >= 0.3 is 0 Å². The average molecular weight is 379 g/mol. The van der Waals surface area contributed by atoms with Gasteiger partial charge in [-0.05, 0) is 47.8 Å². The highest BCUT2D eigenvalue weighted by Crippen LogP contribution is 2.33. The topological polar surface area (TPSA) is 21.3 Å². The second-order valence-electron chi connectivity index (χ2n) is 4.72. The maximum absolute atomic E-state index is 5.71. The van der Waals surface area contributed by atoms with Gasteiger partial charge in [-0.15, -0.1) is 0 Å². The van der Waals surface area contributed by atoms with Crippen LogP contribution in [-0.2, 0) is 6.54 Å². The zero-order chi connectivity index (χ0) is 13.7. The molecule has 1 N–H and O–H groups in total. The first kappa shape index (κ1) is 16.0. The Labute approximate surface area is 127 Å². The van der Waals surface area contributed by atoms with Crippen LogP contribution in [0.25, 0.3) is 0 Å².